The minimum absolute atomic E-state index is 0.411. The standard InChI is InChI=1S/C15H22N4O/c1-5-11(4)17-13-7-6-12(9-16-13)15-18-14(19-20-15)8-10(2)3/h6-7,9-11H,5,8H2,1-4H3,(H,16,17)/t11-/m0/s1. The smallest absolute Gasteiger partial charge is 0.259 e. The van der Waals surface area contributed by atoms with Gasteiger partial charge in [0.15, 0.2) is 5.82 Å². The van der Waals surface area contributed by atoms with Gasteiger partial charge in [0.1, 0.15) is 5.82 Å². The van der Waals surface area contributed by atoms with Crippen LogP contribution in [0.1, 0.15) is 39.9 Å². The summed E-state index contributed by atoms with van der Waals surface area (Å²) in [5.41, 5.74) is 0.849. The van der Waals surface area contributed by atoms with Crippen LogP contribution in [0.5, 0.6) is 0 Å². The highest BCUT2D eigenvalue weighted by atomic mass is 16.5. The summed E-state index contributed by atoms with van der Waals surface area (Å²) in [6.45, 7) is 8.53. The Hall–Kier alpha value is -1.91. The summed E-state index contributed by atoms with van der Waals surface area (Å²) in [7, 11) is 0. The zero-order valence-corrected chi connectivity index (χ0v) is 12.6. The van der Waals surface area contributed by atoms with E-state index in [9.17, 15) is 0 Å². The van der Waals surface area contributed by atoms with Crippen molar-refractivity contribution in [2.75, 3.05) is 5.32 Å². The Morgan fingerprint density at radius 2 is 2.05 bits per heavy atom. The highest BCUT2D eigenvalue weighted by Gasteiger charge is 2.10. The molecule has 0 aliphatic rings. The first-order valence-corrected chi connectivity index (χ1v) is 7.14. The van der Waals surface area contributed by atoms with E-state index >= 15 is 0 Å². The van der Waals surface area contributed by atoms with Gasteiger partial charge in [-0.05, 0) is 31.4 Å². The first-order valence-electron chi connectivity index (χ1n) is 7.14. The van der Waals surface area contributed by atoms with E-state index in [1.165, 1.54) is 0 Å². The van der Waals surface area contributed by atoms with E-state index in [0.29, 0.717) is 17.9 Å². The first-order chi connectivity index (χ1) is 9.58. The molecule has 0 aliphatic carbocycles. The number of pyridine rings is 1. The molecule has 5 nitrogen and oxygen atoms in total. The second-order valence-electron chi connectivity index (χ2n) is 5.50. The molecule has 2 heterocycles. The number of nitrogens with one attached hydrogen (secondary N) is 1. The molecular formula is C15H22N4O. The molecule has 0 spiro atoms. The summed E-state index contributed by atoms with van der Waals surface area (Å²) in [5.74, 6) is 2.66. The Balaban J connectivity index is 2.07. The maximum Gasteiger partial charge on any atom is 0.259 e. The molecule has 108 valence electrons. The summed E-state index contributed by atoms with van der Waals surface area (Å²) < 4.78 is 5.27. The summed E-state index contributed by atoms with van der Waals surface area (Å²) in [5, 5.41) is 7.31. The van der Waals surface area contributed by atoms with Gasteiger partial charge in [0, 0.05) is 18.7 Å². The summed E-state index contributed by atoms with van der Waals surface area (Å²) in [4.78, 5) is 8.76. The number of anilines is 1. The maximum atomic E-state index is 5.27. The van der Waals surface area contributed by atoms with E-state index in [1.807, 2.05) is 12.1 Å². The van der Waals surface area contributed by atoms with Crippen molar-refractivity contribution in [3.63, 3.8) is 0 Å². The highest BCUT2D eigenvalue weighted by Crippen LogP contribution is 2.19. The van der Waals surface area contributed by atoms with Crippen molar-refractivity contribution < 1.29 is 4.52 Å². The van der Waals surface area contributed by atoms with Gasteiger partial charge in [-0.1, -0.05) is 25.9 Å². The van der Waals surface area contributed by atoms with Crippen molar-refractivity contribution in [3.05, 3.63) is 24.2 Å². The fraction of sp³-hybridized carbons (Fsp3) is 0.533. The van der Waals surface area contributed by atoms with E-state index in [2.05, 4.69) is 48.1 Å². The lowest BCUT2D eigenvalue weighted by Crippen LogP contribution is -2.14. The fourth-order valence-corrected chi connectivity index (χ4v) is 1.78. The van der Waals surface area contributed by atoms with E-state index in [-0.39, 0.29) is 0 Å². The molecule has 1 atom stereocenters. The average molecular weight is 274 g/mol. The molecule has 2 aromatic rings. The van der Waals surface area contributed by atoms with E-state index in [0.717, 1.165) is 30.0 Å². The van der Waals surface area contributed by atoms with Gasteiger partial charge >= 0.3 is 0 Å². The maximum absolute atomic E-state index is 5.27. The summed E-state index contributed by atoms with van der Waals surface area (Å²) in [6, 6.07) is 4.30. The zero-order chi connectivity index (χ0) is 14.5. The third-order valence-electron chi connectivity index (χ3n) is 3.08. The molecule has 2 aromatic heterocycles. The molecule has 0 aromatic carbocycles. The Bertz CT molecular complexity index is 533. The lowest BCUT2D eigenvalue weighted by molar-refractivity contribution is 0.417. The first kappa shape index (κ1) is 14.5. The molecular weight excluding hydrogens is 252 g/mol. The second-order valence-corrected chi connectivity index (χ2v) is 5.50. The monoisotopic (exact) mass is 274 g/mol. The molecule has 20 heavy (non-hydrogen) atoms. The van der Waals surface area contributed by atoms with Gasteiger partial charge in [0.25, 0.3) is 5.89 Å². The van der Waals surface area contributed by atoms with E-state index < -0.39 is 0 Å². The lowest BCUT2D eigenvalue weighted by Gasteiger charge is -2.11. The molecule has 2 rings (SSSR count). The predicted octanol–water partition coefficient (Wildman–Crippen LogP) is 3.54. The topological polar surface area (TPSA) is 63.8 Å². The van der Waals surface area contributed by atoms with Gasteiger partial charge in [-0.25, -0.2) is 4.98 Å². The Kier molecular flexibility index (Phi) is 4.71. The second kappa shape index (κ2) is 6.50. The quantitative estimate of drug-likeness (QED) is 0.872. The molecule has 0 fully saturated rings. The van der Waals surface area contributed by atoms with Crippen molar-refractivity contribution in [1.29, 1.82) is 0 Å². The van der Waals surface area contributed by atoms with Crippen LogP contribution in [0, 0.1) is 5.92 Å². The molecule has 0 amide bonds. The van der Waals surface area contributed by atoms with Crippen LogP contribution >= 0.6 is 0 Å². The Morgan fingerprint density at radius 3 is 2.65 bits per heavy atom. The van der Waals surface area contributed by atoms with Crippen molar-refractivity contribution in [3.8, 4) is 11.5 Å². The van der Waals surface area contributed by atoms with Gasteiger partial charge in [0.05, 0.1) is 5.56 Å². The van der Waals surface area contributed by atoms with Crippen LogP contribution in [-0.4, -0.2) is 21.2 Å². The van der Waals surface area contributed by atoms with Crippen LogP contribution in [0.4, 0.5) is 5.82 Å². The molecule has 0 saturated heterocycles. The molecule has 0 bridgehead atoms. The predicted molar refractivity (Wildman–Crippen MR) is 79.4 cm³/mol. The number of nitrogens with zero attached hydrogens (tertiary/aromatic N) is 3. The SMILES string of the molecule is CC[C@H](C)Nc1ccc(-c2nc(CC(C)C)no2)cn1. The van der Waals surface area contributed by atoms with E-state index in [1.54, 1.807) is 6.20 Å². The van der Waals surface area contributed by atoms with Crippen LogP contribution < -0.4 is 5.32 Å². The molecule has 5 heteroatoms. The van der Waals surface area contributed by atoms with Gasteiger partial charge in [-0.15, -0.1) is 0 Å². The normalized spacial score (nSPS) is 12.7. The van der Waals surface area contributed by atoms with Crippen molar-refractivity contribution >= 4 is 5.82 Å². The average Bonchev–Trinajstić information content (AvgIpc) is 2.87. The van der Waals surface area contributed by atoms with Crippen LogP contribution in [0.25, 0.3) is 11.5 Å². The minimum Gasteiger partial charge on any atom is -0.368 e. The van der Waals surface area contributed by atoms with Crippen molar-refractivity contribution in [2.45, 2.75) is 46.6 Å². The van der Waals surface area contributed by atoms with Crippen LogP contribution in [0.2, 0.25) is 0 Å². The van der Waals surface area contributed by atoms with Crippen LogP contribution in [-0.2, 0) is 6.42 Å². The van der Waals surface area contributed by atoms with Crippen LogP contribution in [0.3, 0.4) is 0 Å². The third kappa shape index (κ3) is 3.79. The van der Waals surface area contributed by atoms with Gasteiger partial charge in [-0.2, -0.15) is 4.98 Å². The van der Waals surface area contributed by atoms with Gasteiger partial charge < -0.3 is 9.84 Å². The Labute approximate surface area is 119 Å². The number of hydrogen-bond acceptors (Lipinski definition) is 5. The Morgan fingerprint density at radius 1 is 1.25 bits per heavy atom. The number of hydrogen-bond donors (Lipinski definition) is 1. The summed E-state index contributed by atoms with van der Waals surface area (Å²) >= 11 is 0. The van der Waals surface area contributed by atoms with Crippen molar-refractivity contribution in [1.82, 2.24) is 15.1 Å². The summed E-state index contributed by atoms with van der Waals surface area (Å²) in [6.07, 6.45) is 3.65. The molecule has 1 N–H and O–H groups in total. The van der Waals surface area contributed by atoms with Gasteiger partial charge in [0.2, 0.25) is 0 Å². The number of aromatic nitrogens is 3. The lowest BCUT2D eigenvalue weighted by atomic mass is 10.1. The fourth-order valence-electron chi connectivity index (χ4n) is 1.78. The third-order valence-corrected chi connectivity index (χ3v) is 3.08. The molecule has 0 aliphatic heterocycles. The minimum atomic E-state index is 0.411. The largest absolute Gasteiger partial charge is 0.368 e. The molecule has 0 unspecified atom stereocenters. The number of rotatable bonds is 6. The van der Waals surface area contributed by atoms with E-state index in [4.69, 9.17) is 4.52 Å². The highest BCUT2D eigenvalue weighted by molar-refractivity contribution is 5.54. The van der Waals surface area contributed by atoms with Crippen molar-refractivity contribution in [2.24, 2.45) is 5.92 Å². The molecule has 0 radical (unpaired) electrons. The van der Waals surface area contributed by atoms with Gasteiger partial charge in [-0.3, -0.25) is 0 Å². The molecule has 0 saturated carbocycles. The van der Waals surface area contributed by atoms with Crippen LogP contribution in [0.15, 0.2) is 22.9 Å². The zero-order valence-electron chi connectivity index (χ0n) is 12.6.